The number of anilines is 1. The highest BCUT2D eigenvalue weighted by Gasteiger charge is 2.06. The zero-order valence-corrected chi connectivity index (χ0v) is 10.3. The Hall–Kier alpha value is -1.94. The number of halogens is 1. The van der Waals surface area contributed by atoms with Crippen LogP contribution in [0.3, 0.4) is 0 Å². The fourth-order valence-electron chi connectivity index (χ4n) is 1.84. The predicted octanol–water partition coefficient (Wildman–Crippen LogP) is 2.43. The fourth-order valence-corrected chi connectivity index (χ4v) is 1.84. The van der Waals surface area contributed by atoms with Gasteiger partial charge in [0.2, 0.25) is 0 Å². The monoisotopic (exact) mass is 245 g/mol. The molecule has 0 bridgehead atoms. The smallest absolute Gasteiger partial charge is 0.129 e. The first-order valence-corrected chi connectivity index (χ1v) is 5.76. The third-order valence-electron chi connectivity index (χ3n) is 2.72. The Morgan fingerprint density at radius 3 is 2.56 bits per heavy atom. The minimum Gasteiger partial charge on any atom is -0.399 e. The van der Waals surface area contributed by atoms with Crippen LogP contribution in [0.15, 0.2) is 42.7 Å². The Labute approximate surface area is 106 Å². The SMILES string of the molecule is CN(Cc1ccncc1)Cc1ccc(N)cc1F. The number of rotatable bonds is 4. The molecule has 0 aliphatic heterocycles. The standard InChI is InChI=1S/C14H16FN3/c1-18(9-11-4-6-17-7-5-11)10-12-2-3-13(16)8-14(12)15/h2-8H,9-10,16H2,1H3. The summed E-state index contributed by atoms with van der Waals surface area (Å²) in [7, 11) is 1.95. The molecule has 1 aromatic carbocycles. The highest BCUT2D eigenvalue weighted by atomic mass is 19.1. The van der Waals surface area contributed by atoms with Crippen molar-refractivity contribution in [1.82, 2.24) is 9.88 Å². The summed E-state index contributed by atoms with van der Waals surface area (Å²) < 4.78 is 13.6. The number of aromatic nitrogens is 1. The van der Waals surface area contributed by atoms with Gasteiger partial charge in [-0.2, -0.15) is 0 Å². The number of hydrogen-bond donors (Lipinski definition) is 1. The summed E-state index contributed by atoms with van der Waals surface area (Å²) in [4.78, 5) is 6.01. The lowest BCUT2D eigenvalue weighted by molar-refractivity contribution is 0.313. The minimum absolute atomic E-state index is 0.253. The molecule has 94 valence electrons. The second-order valence-electron chi connectivity index (χ2n) is 4.38. The van der Waals surface area contributed by atoms with Gasteiger partial charge in [-0.25, -0.2) is 4.39 Å². The van der Waals surface area contributed by atoms with Gasteiger partial charge in [-0.3, -0.25) is 9.88 Å². The molecule has 0 aliphatic carbocycles. The number of nitrogen functional groups attached to an aromatic ring is 1. The molecule has 0 aliphatic rings. The van der Waals surface area contributed by atoms with E-state index in [0.717, 1.165) is 12.1 Å². The fraction of sp³-hybridized carbons (Fsp3) is 0.214. The quantitative estimate of drug-likeness (QED) is 0.841. The van der Waals surface area contributed by atoms with Gasteiger partial charge in [0.15, 0.2) is 0 Å². The first kappa shape index (κ1) is 12.5. The topological polar surface area (TPSA) is 42.2 Å². The molecule has 18 heavy (non-hydrogen) atoms. The molecule has 0 spiro atoms. The van der Waals surface area contributed by atoms with Gasteiger partial charge in [-0.05, 0) is 36.9 Å². The first-order valence-electron chi connectivity index (χ1n) is 5.76. The summed E-state index contributed by atoms with van der Waals surface area (Å²) in [5.74, 6) is -0.253. The van der Waals surface area contributed by atoms with E-state index >= 15 is 0 Å². The van der Waals surface area contributed by atoms with E-state index in [1.807, 2.05) is 24.1 Å². The Balaban J connectivity index is 2.01. The van der Waals surface area contributed by atoms with Crippen LogP contribution in [-0.2, 0) is 13.1 Å². The molecule has 0 unspecified atom stereocenters. The molecule has 0 saturated carbocycles. The maximum atomic E-state index is 13.6. The van der Waals surface area contributed by atoms with Crippen LogP contribution in [0.1, 0.15) is 11.1 Å². The molecule has 0 fully saturated rings. The van der Waals surface area contributed by atoms with Crippen molar-refractivity contribution in [3.63, 3.8) is 0 Å². The van der Waals surface area contributed by atoms with Gasteiger partial charge in [-0.1, -0.05) is 6.07 Å². The number of benzene rings is 1. The van der Waals surface area contributed by atoms with Crippen molar-refractivity contribution in [2.75, 3.05) is 12.8 Å². The van der Waals surface area contributed by atoms with Gasteiger partial charge >= 0.3 is 0 Å². The summed E-state index contributed by atoms with van der Waals surface area (Å²) in [6.45, 7) is 1.31. The number of nitrogens with two attached hydrogens (primary N) is 1. The van der Waals surface area contributed by atoms with Crippen molar-refractivity contribution in [3.05, 3.63) is 59.7 Å². The minimum atomic E-state index is -0.253. The van der Waals surface area contributed by atoms with E-state index in [2.05, 4.69) is 4.98 Å². The van der Waals surface area contributed by atoms with Crippen LogP contribution in [0.25, 0.3) is 0 Å². The Morgan fingerprint density at radius 1 is 1.17 bits per heavy atom. The van der Waals surface area contributed by atoms with Crippen LogP contribution in [0.2, 0.25) is 0 Å². The predicted molar refractivity (Wildman–Crippen MR) is 70.2 cm³/mol. The van der Waals surface area contributed by atoms with E-state index in [0.29, 0.717) is 17.8 Å². The molecule has 0 atom stereocenters. The molecule has 0 radical (unpaired) electrons. The lowest BCUT2D eigenvalue weighted by Crippen LogP contribution is -2.18. The number of nitrogens with zero attached hydrogens (tertiary/aromatic N) is 2. The van der Waals surface area contributed by atoms with Crippen molar-refractivity contribution in [3.8, 4) is 0 Å². The molecule has 1 aromatic heterocycles. The molecular formula is C14H16FN3. The highest BCUT2D eigenvalue weighted by Crippen LogP contribution is 2.14. The normalized spacial score (nSPS) is 10.8. The van der Waals surface area contributed by atoms with Crippen LogP contribution < -0.4 is 5.73 Å². The summed E-state index contributed by atoms with van der Waals surface area (Å²) in [5, 5.41) is 0. The third kappa shape index (κ3) is 3.28. The molecule has 2 aromatic rings. The Morgan fingerprint density at radius 2 is 1.89 bits per heavy atom. The van der Waals surface area contributed by atoms with Crippen molar-refractivity contribution >= 4 is 5.69 Å². The number of hydrogen-bond acceptors (Lipinski definition) is 3. The molecule has 0 saturated heterocycles. The van der Waals surface area contributed by atoms with E-state index in [1.165, 1.54) is 6.07 Å². The number of pyridine rings is 1. The van der Waals surface area contributed by atoms with E-state index in [4.69, 9.17) is 5.73 Å². The lowest BCUT2D eigenvalue weighted by atomic mass is 10.1. The maximum Gasteiger partial charge on any atom is 0.129 e. The van der Waals surface area contributed by atoms with E-state index in [1.54, 1.807) is 24.5 Å². The van der Waals surface area contributed by atoms with Gasteiger partial charge in [0.25, 0.3) is 0 Å². The van der Waals surface area contributed by atoms with Crippen molar-refractivity contribution in [1.29, 1.82) is 0 Å². The first-order chi connectivity index (χ1) is 8.65. The molecule has 0 amide bonds. The molecule has 1 heterocycles. The van der Waals surface area contributed by atoms with Crippen LogP contribution in [0.5, 0.6) is 0 Å². The van der Waals surface area contributed by atoms with Gasteiger partial charge < -0.3 is 5.73 Å². The second kappa shape index (κ2) is 5.60. The molecule has 2 N–H and O–H groups in total. The average molecular weight is 245 g/mol. The third-order valence-corrected chi connectivity index (χ3v) is 2.72. The summed E-state index contributed by atoms with van der Waals surface area (Å²) in [6.07, 6.45) is 3.51. The molecule has 4 heteroatoms. The van der Waals surface area contributed by atoms with E-state index in [-0.39, 0.29) is 5.82 Å². The zero-order valence-electron chi connectivity index (χ0n) is 10.3. The highest BCUT2D eigenvalue weighted by molar-refractivity contribution is 5.40. The summed E-state index contributed by atoms with van der Waals surface area (Å²) in [5.41, 5.74) is 7.78. The van der Waals surface area contributed by atoms with E-state index < -0.39 is 0 Å². The van der Waals surface area contributed by atoms with Gasteiger partial charge in [0.1, 0.15) is 5.82 Å². The lowest BCUT2D eigenvalue weighted by Gasteiger charge is -2.17. The Bertz CT molecular complexity index is 514. The largest absolute Gasteiger partial charge is 0.399 e. The van der Waals surface area contributed by atoms with Gasteiger partial charge in [0, 0.05) is 36.7 Å². The molecule has 2 rings (SSSR count). The van der Waals surface area contributed by atoms with Gasteiger partial charge in [0.05, 0.1) is 0 Å². The van der Waals surface area contributed by atoms with Crippen molar-refractivity contribution in [2.24, 2.45) is 0 Å². The zero-order chi connectivity index (χ0) is 13.0. The summed E-state index contributed by atoms with van der Waals surface area (Å²) >= 11 is 0. The van der Waals surface area contributed by atoms with Gasteiger partial charge in [-0.15, -0.1) is 0 Å². The van der Waals surface area contributed by atoms with Crippen molar-refractivity contribution < 1.29 is 4.39 Å². The molecule has 3 nitrogen and oxygen atoms in total. The summed E-state index contributed by atoms with van der Waals surface area (Å²) in [6, 6.07) is 8.72. The maximum absolute atomic E-state index is 13.6. The average Bonchev–Trinajstić information content (AvgIpc) is 2.34. The van der Waals surface area contributed by atoms with Crippen LogP contribution in [0, 0.1) is 5.82 Å². The van der Waals surface area contributed by atoms with Crippen LogP contribution in [-0.4, -0.2) is 16.9 Å². The Kier molecular flexibility index (Phi) is 3.89. The molecular weight excluding hydrogens is 229 g/mol. The van der Waals surface area contributed by atoms with Crippen LogP contribution >= 0.6 is 0 Å². The van der Waals surface area contributed by atoms with E-state index in [9.17, 15) is 4.39 Å². The van der Waals surface area contributed by atoms with Crippen molar-refractivity contribution in [2.45, 2.75) is 13.1 Å². The second-order valence-corrected chi connectivity index (χ2v) is 4.38. The van der Waals surface area contributed by atoms with Crippen LogP contribution in [0.4, 0.5) is 10.1 Å².